The predicted molar refractivity (Wildman–Crippen MR) is 43.8 cm³/mol. The zero-order valence-corrected chi connectivity index (χ0v) is 7.52. The monoisotopic (exact) mass is 208 g/mol. The van der Waals surface area contributed by atoms with Gasteiger partial charge in [0.05, 0.1) is 6.42 Å². The molecule has 1 spiro atoms. The molecule has 0 aromatic rings. The summed E-state index contributed by atoms with van der Waals surface area (Å²) in [6.07, 6.45) is -2.07. The van der Waals surface area contributed by atoms with Crippen molar-refractivity contribution >= 4 is 5.71 Å². The second kappa shape index (κ2) is 3.12. The fraction of sp³-hybridized carbons (Fsp3) is 0.875. The number of nitrogens with one attached hydrogen (secondary N) is 1. The summed E-state index contributed by atoms with van der Waals surface area (Å²) in [6, 6.07) is 0. The summed E-state index contributed by atoms with van der Waals surface area (Å²) >= 11 is 0. The van der Waals surface area contributed by atoms with Crippen LogP contribution in [0.1, 0.15) is 25.7 Å². The summed E-state index contributed by atoms with van der Waals surface area (Å²) in [4.78, 5) is 4.88. The van der Waals surface area contributed by atoms with Crippen LogP contribution in [0, 0.1) is 0 Å². The molecule has 0 aliphatic carbocycles. The quantitative estimate of drug-likeness (QED) is 0.658. The van der Waals surface area contributed by atoms with E-state index in [4.69, 9.17) is 4.84 Å². The van der Waals surface area contributed by atoms with Gasteiger partial charge in [0, 0.05) is 6.42 Å². The van der Waals surface area contributed by atoms with Crippen LogP contribution in [0.4, 0.5) is 13.2 Å². The summed E-state index contributed by atoms with van der Waals surface area (Å²) in [5.74, 6) is 0. The van der Waals surface area contributed by atoms with Gasteiger partial charge in [-0.15, -0.1) is 0 Å². The summed E-state index contributed by atoms with van der Waals surface area (Å²) in [5, 5.41) is 6.07. The van der Waals surface area contributed by atoms with Gasteiger partial charge in [0.25, 0.3) is 0 Å². The Kier molecular flexibility index (Phi) is 2.17. The number of piperidine rings is 1. The highest BCUT2D eigenvalue weighted by Gasteiger charge is 2.49. The normalized spacial score (nSPS) is 32.9. The molecular formula is C8H11F3N2O. The van der Waals surface area contributed by atoms with Crippen molar-refractivity contribution in [3.63, 3.8) is 0 Å². The molecule has 0 aromatic carbocycles. The van der Waals surface area contributed by atoms with E-state index in [1.807, 2.05) is 0 Å². The highest BCUT2D eigenvalue weighted by atomic mass is 19.4. The number of nitrogens with zero attached hydrogens (tertiary/aromatic N) is 1. The van der Waals surface area contributed by atoms with E-state index in [-0.39, 0.29) is 6.42 Å². The Morgan fingerprint density at radius 1 is 1.36 bits per heavy atom. The highest BCUT2D eigenvalue weighted by Crippen LogP contribution is 2.34. The largest absolute Gasteiger partial charge is 0.432 e. The SMILES string of the molecule is FC(F)(F)C1=NOC2(CCCCN2)C1. The van der Waals surface area contributed by atoms with Gasteiger partial charge in [0.15, 0.2) is 11.4 Å². The average molecular weight is 208 g/mol. The topological polar surface area (TPSA) is 33.6 Å². The zero-order valence-electron chi connectivity index (χ0n) is 7.52. The van der Waals surface area contributed by atoms with Crippen LogP contribution in [0.3, 0.4) is 0 Å². The zero-order chi connectivity index (χ0) is 10.2. The van der Waals surface area contributed by atoms with Gasteiger partial charge < -0.3 is 4.84 Å². The third-order valence-electron chi connectivity index (χ3n) is 2.57. The Morgan fingerprint density at radius 3 is 2.64 bits per heavy atom. The molecule has 80 valence electrons. The van der Waals surface area contributed by atoms with E-state index < -0.39 is 17.6 Å². The maximum absolute atomic E-state index is 12.3. The Bertz CT molecular complexity index is 256. The first-order valence-electron chi connectivity index (χ1n) is 4.59. The van der Waals surface area contributed by atoms with Gasteiger partial charge in [0.2, 0.25) is 0 Å². The van der Waals surface area contributed by atoms with E-state index in [2.05, 4.69) is 10.5 Å². The molecule has 2 rings (SSSR count). The van der Waals surface area contributed by atoms with E-state index in [9.17, 15) is 13.2 Å². The first kappa shape index (κ1) is 9.76. The summed E-state index contributed by atoms with van der Waals surface area (Å²) in [7, 11) is 0. The van der Waals surface area contributed by atoms with Crippen molar-refractivity contribution in [1.82, 2.24) is 5.32 Å². The standard InChI is InChI=1S/C8H11F3N2O/c9-8(10,11)6-5-7(14-13-6)3-1-2-4-12-7/h12H,1-5H2. The maximum atomic E-state index is 12.3. The molecule has 6 heteroatoms. The fourth-order valence-electron chi connectivity index (χ4n) is 1.80. The Balaban J connectivity index is 2.03. The molecular weight excluding hydrogens is 197 g/mol. The molecule has 0 aromatic heterocycles. The lowest BCUT2D eigenvalue weighted by Gasteiger charge is -2.31. The van der Waals surface area contributed by atoms with Crippen LogP contribution in [0.2, 0.25) is 0 Å². The number of halogens is 3. The molecule has 14 heavy (non-hydrogen) atoms. The van der Waals surface area contributed by atoms with Crippen molar-refractivity contribution in [3.05, 3.63) is 0 Å². The molecule has 1 N–H and O–H groups in total. The van der Waals surface area contributed by atoms with Crippen LogP contribution in [0.15, 0.2) is 5.16 Å². The van der Waals surface area contributed by atoms with E-state index in [0.29, 0.717) is 13.0 Å². The Labute approximate surface area is 79.3 Å². The third-order valence-corrected chi connectivity index (χ3v) is 2.57. The molecule has 1 atom stereocenters. The molecule has 2 heterocycles. The Morgan fingerprint density at radius 2 is 2.14 bits per heavy atom. The second-order valence-corrected chi connectivity index (χ2v) is 3.68. The summed E-state index contributed by atoms with van der Waals surface area (Å²) < 4.78 is 36.8. The van der Waals surface area contributed by atoms with Crippen LogP contribution < -0.4 is 5.32 Å². The van der Waals surface area contributed by atoms with Crippen LogP contribution in [0.5, 0.6) is 0 Å². The highest BCUT2D eigenvalue weighted by molar-refractivity contribution is 5.91. The van der Waals surface area contributed by atoms with Crippen molar-refractivity contribution in [2.45, 2.75) is 37.6 Å². The number of oxime groups is 1. The van der Waals surface area contributed by atoms with Crippen molar-refractivity contribution in [3.8, 4) is 0 Å². The first-order valence-corrected chi connectivity index (χ1v) is 4.59. The molecule has 1 fully saturated rings. The van der Waals surface area contributed by atoms with Gasteiger partial charge in [-0.05, 0) is 19.4 Å². The second-order valence-electron chi connectivity index (χ2n) is 3.68. The minimum absolute atomic E-state index is 0.170. The molecule has 0 radical (unpaired) electrons. The van der Waals surface area contributed by atoms with Gasteiger partial charge in [-0.3, -0.25) is 5.32 Å². The number of hydrogen-bond donors (Lipinski definition) is 1. The molecule has 0 saturated carbocycles. The maximum Gasteiger partial charge on any atom is 0.432 e. The predicted octanol–water partition coefficient (Wildman–Crippen LogP) is 1.79. The van der Waals surface area contributed by atoms with Gasteiger partial charge >= 0.3 is 6.18 Å². The molecule has 3 nitrogen and oxygen atoms in total. The minimum Gasteiger partial charge on any atom is -0.373 e. The Hall–Kier alpha value is -0.780. The molecule has 0 bridgehead atoms. The van der Waals surface area contributed by atoms with Crippen LogP contribution in [-0.4, -0.2) is 24.2 Å². The van der Waals surface area contributed by atoms with E-state index >= 15 is 0 Å². The third kappa shape index (κ3) is 1.70. The van der Waals surface area contributed by atoms with Crippen molar-refractivity contribution in [2.24, 2.45) is 5.16 Å². The van der Waals surface area contributed by atoms with Crippen LogP contribution in [0.25, 0.3) is 0 Å². The molecule has 2 aliphatic heterocycles. The number of alkyl halides is 3. The van der Waals surface area contributed by atoms with Gasteiger partial charge in [-0.1, -0.05) is 5.16 Å². The molecule has 1 unspecified atom stereocenters. The van der Waals surface area contributed by atoms with Crippen molar-refractivity contribution in [1.29, 1.82) is 0 Å². The van der Waals surface area contributed by atoms with Crippen LogP contribution in [-0.2, 0) is 4.84 Å². The number of rotatable bonds is 0. The fourth-order valence-corrected chi connectivity index (χ4v) is 1.80. The summed E-state index contributed by atoms with van der Waals surface area (Å²) in [6.45, 7) is 0.695. The lowest BCUT2D eigenvalue weighted by molar-refractivity contribution is -0.0638. The van der Waals surface area contributed by atoms with Crippen molar-refractivity contribution < 1.29 is 18.0 Å². The van der Waals surface area contributed by atoms with Gasteiger partial charge in [0.1, 0.15) is 0 Å². The molecule has 0 amide bonds. The minimum atomic E-state index is -4.36. The van der Waals surface area contributed by atoms with Gasteiger partial charge in [-0.2, -0.15) is 13.2 Å². The summed E-state index contributed by atoms with van der Waals surface area (Å²) in [5.41, 5.74) is -1.68. The lowest BCUT2D eigenvalue weighted by Crippen LogP contribution is -2.49. The first-order chi connectivity index (χ1) is 6.52. The average Bonchev–Trinajstić information content (AvgIpc) is 2.50. The van der Waals surface area contributed by atoms with Crippen LogP contribution >= 0.6 is 0 Å². The number of hydrogen-bond acceptors (Lipinski definition) is 3. The molecule has 2 aliphatic rings. The van der Waals surface area contributed by atoms with E-state index in [1.165, 1.54) is 0 Å². The lowest BCUT2D eigenvalue weighted by atomic mass is 9.96. The smallest absolute Gasteiger partial charge is 0.373 e. The molecule has 1 saturated heterocycles. The van der Waals surface area contributed by atoms with E-state index in [1.54, 1.807) is 0 Å². The van der Waals surface area contributed by atoms with Gasteiger partial charge in [-0.25, -0.2) is 0 Å². The van der Waals surface area contributed by atoms with Crippen molar-refractivity contribution in [2.75, 3.05) is 6.54 Å². The van der Waals surface area contributed by atoms with E-state index in [0.717, 1.165) is 12.8 Å².